The molecule has 0 atom stereocenters. The number of halogens is 1. The molecule has 0 aliphatic carbocycles. The molecule has 32 heavy (non-hydrogen) atoms. The molecule has 0 aliphatic heterocycles. The Labute approximate surface area is 195 Å². The fourth-order valence-corrected chi connectivity index (χ4v) is 4.32. The van der Waals surface area contributed by atoms with E-state index in [0.29, 0.717) is 32.9 Å². The van der Waals surface area contributed by atoms with Crippen LogP contribution in [0.3, 0.4) is 0 Å². The van der Waals surface area contributed by atoms with Gasteiger partial charge in [0.25, 0.3) is 15.9 Å². The molecule has 0 aromatic heterocycles. The fraction of sp³-hybridized carbons (Fsp3) is 0.174. The van der Waals surface area contributed by atoms with Crippen molar-refractivity contribution in [3.05, 3.63) is 76.8 Å². The summed E-state index contributed by atoms with van der Waals surface area (Å²) in [5.41, 5.74) is 1.32. The minimum Gasteiger partial charge on any atom is -0.497 e. The molecule has 9 heteroatoms. The van der Waals surface area contributed by atoms with Crippen LogP contribution in [0.15, 0.2) is 76.1 Å². The van der Waals surface area contributed by atoms with Crippen LogP contribution in [0.4, 0.5) is 11.4 Å². The van der Waals surface area contributed by atoms with Crippen molar-refractivity contribution in [2.24, 2.45) is 0 Å². The van der Waals surface area contributed by atoms with E-state index in [0.717, 1.165) is 0 Å². The summed E-state index contributed by atoms with van der Waals surface area (Å²) in [5, 5.41) is 2.76. The Morgan fingerprint density at radius 1 is 0.938 bits per heavy atom. The van der Waals surface area contributed by atoms with Gasteiger partial charge < -0.3 is 14.8 Å². The summed E-state index contributed by atoms with van der Waals surface area (Å²) in [7, 11) is -2.24. The molecule has 7 nitrogen and oxygen atoms in total. The maximum Gasteiger partial charge on any atom is 0.261 e. The monoisotopic (exact) mass is 518 g/mol. The number of hydrogen-bond acceptors (Lipinski definition) is 5. The Hall–Kier alpha value is -3.04. The topological polar surface area (TPSA) is 93.7 Å². The number of amides is 1. The minimum atomic E-state index is -3.77. The van der Waals surface area contributed by atoms with E-state index in [1.165, 1.54) is 31.4 Å². The normalized spacial score (nSPS) is 11.2. The molecule has 0 bridgehead atoms. The highest BCUT2D eigenvalue weighted by Crippen LogP contribution is 2.27. The zero-order chi connectivity index (χ0) is 23.3. The number of rotatable bonds is 8. The van der Waals surface area contributed by atoms with Gasteiger partial charge in [-0.2, -0.15) is 0 Å². The van der Waals surface area contributed by atoms with Crippen LogP contribution >= 0.6 is 15.9 Å². The average Bonchev–Trinajstić information content (AvgIpc) is 2.75. The van der Waals surface area contributed by atoms with Crippen LogP contribution in [0, 0.1) is 0 Å². The van der Waals surface area contributed by atoms with E-state index < -0.39 is 10.0 Å². The van der Waals surface area contributed by atoms with E-state index in [1.807, 2.05) is 13.8 Å². The van der Waals surface area contributed by atoms with E-state index in [2.05, 4.69) is 26.0 Å². The van der Waals surface area contributed by atoms with E-state index in [1.54, 1.807) is 42.5 Å². The molecule has 0 unspecified atom stereocenters. The molecule has 168 valence electrons. The van der Waals surface area contributed by atoms with Crippen molar-refractivity contribution in [3.8, 4) is 11.5 Å². The second-order valence-electron chi connectivity index (χ2n) is 7.12. The molecule has 0 spiro atoms. The molecule has 3 aromatic rings. The van der Waals surface area contributed by atoms with Crippen molar-refractivity contribution in [2.45, 2.75) is 24.8 Å². The van der Waals surface area contributed by atoms with Crippen LogP contribution in [0.25, 0.3) is 0 Å². The molecule has 3 rings (SSSR count). The third-order valence-corrected chi connectivity index (χ3v) is 6.34. The average molecular weight is 519 g/mol. The quantitative estimate of drug-likeness (QED) is 0.422. The summed E-state index contributed by atoms with van der Waals surface area (Å²) in [4.78, 5) is 12.6. The Bertz CT molecular complexity index is 1190. The van der Waals surface area contributed by atoms with Crippen molar-refractivity contribution in [3.63, 3.8) is 0 Å². The van der Waals surface area contributed by atoms with Gasteiger partial charge in [0.15, 0.2) is 0 Å². The number of carbonyl (C=O) groups excluding carboxylic acids is 1. The summed E-state index contributed by atoms with van der Waals surface area (Å²) in [6, 6.07) is 17.5. The van der Waals surface area contributed by atoms with Gasteiger partial charge in [0, 0.05) is 16.9 Å². The van der Waals surface area contributed by atoms with Gasteiger partial charge in [0.2, 0.25) is 0 Å². The number of methoxy groups -OCH3 is 1. The number of benzene rings is 3. The Balaban J connectivity index is 1.68. The predicted octanol–water partition coefficient (Wildman–Crippen LogP) is 5.30. The first-order valence-corrected chi connectivity index (χ1v) is 12.0. The number of carbonyl (C=O) groups is 1. The zero-order valence-electron chi connectivity index (χ0n) is 17.8. The van der Waals surface area contributed by atoms with Crippen molar-refractivity contribution >= 4 is 43.2 Å². The summed E-state index contributed by atoms with van der Waals surface area (Å²) in [5.74, 6) is 0.950. The first-order chi connectivity index (χ1) is 15.2. The first kappa shape index (κ1) is 23.6. The lowest BCUT2D eigenvalue weighted by atomic mass is 10.2. The number of nitrogens with one attached hydrogen (secondary N) is 2. The summed E-state index contributed by atoms with van der Waals surface area (Å²) in [6.07, 6.45) is 0.0139. The zero-order valence-corrected chi connectivity index (χ0v) is 20.2. The number of sulfonamides is 1. The Morgan fingerprint density at radius 2 is 1.56 bits per heavy atom. The van der Waals surface area contributed by atoms with Crippen LogP contribution in [-0.2, 0) is 10.0 Å². The Kier molecular flexibility index (Phi) is 7.42. The van der Waals surface area contributed by atoms with E-state index in [4.69, 9.17) is 9.47 Å². The molecule has 0 aliphatic rings. The molecule has 0 radical (unpaired) electrons. The molecule has 0 saturated carbocycles. The van der Waals surface area contributed by atoms with Crippen molar-refractivity contribution in [1.29, 1.82) is 0 Å². The molecule has 0 saturated heterocycles. The van der Waals surface area contributed by atoms with Crippen molar-refractivity contribution in [2.75, 3.05) is 17.1 Å². The third-order valence-electron chi connectivity index (χ3n) is 4.32. The summed E-state index contributed by atoms with van der Waals surface area (Å²) in [6.45, 7) is 3.84. The SMILES string of the molecule is COc1ccc(NS(=O)(=O)c2ccc(NC(=O)c3ccc(OC(C)C)c(Br)c3)cc2)cc1. The van der Waals surface area contributed by atoms with Gasteiger partial charge in [-0.15, -0.1) is 0 Å². The van der Waals surface area contributed by atoms with Crippen LogP contribution in [-0.4, -0.2) is 27.5 Å². The molecule has 1 amide bonds. The minimum absolute atomic E-state index is 0.0139. The first-order valence-electron chi connectivity index (χ1n) is 9.72. The summed E-state index contributed by atoms with van der Waals surface area (Å²) >= 11 is 3.41. The van der Waals surface area contributed by atoms with Gasteiger partial charge in [0.1, 0.15) is 11.5 Å². The highest BCUT2D eigenvalue weighted by Gasteiger charge is 2.15. The van der Waals surface area contributed by atoms with Gasteiger partial charge in [-0.1, -0.05) is 0 Å². The number of ether oxygens (including phenoxy) is 2. The van der Waals surface area contributed by atoms with Crippen LogP contribution in [0.5, 0.6) is 11.5 Å². The maximum absolute atomic E-state index is 12.6. The van der Waals surface area contributed by atoms with Crippen LogP contribution in [0.1, 0.15) is 24.2 Å². The molecule has 0 fully saturated rings. The van der Waals surface area contributed by atoms with Gasteiger partial charge in [-0.05, 0) is 96.5 Å². The van der Waals surface area contributed by atoms with Gasteiger partial charge >= 0.3 is 0 Å². The van der Waals surface area contributed by atoms with Gasteiger partial charge in [0.05, 0.1) is 22.6 Å². The number of anilines is 2. The largest absolute Gasteiger partial charge is 0.497 e. The standard InChI is InChI=1S/C23H23BrN2O5S/c1-15(2)31-22-13-4-16(14-21(22)24)23(27)25-17-7-11-20(12-8-17)32(28,29)26-18-5-9-19(30-3)10-6-18/h4-15,26H,1-3H3,(H,25,27). The van der Waals surface area contributed by atoms with E-state index >= 15 is 0 Å². The second-order valence-corrected chi connectivity index (χ2v) is 9.66. The highest BCUT2D eigenvalue weighted by atomic mass is 79.9. The molecular weight excluding hydrogens is 496 g/mol. The van der Waals surface area contributed by atoms with Gasteiger partial charge in [-0.25, -0.2) is 8.42 Å². The van der Waals surface area contributed by atoms with Crippen molar-refractivity contribution in [1.82, 2.24) is 0 Å². The lowest BCUT2D eigenvalue weighted by Gasteiger charge is -2.13. The second kappa shape index (κ2) is 10.1. The molecule has 2 N–H and O–H groups in total. The lowest BCUT2D eigenvalue weighted by Crippen LogP contribution is -2.14. The van der Waals surface area contributed by atoms with Crippen LogP contribution < -0.4 is 19.5 Å². The Morgan fingerprint density at radius 3 is 2.12 bits per heavy atom. The lowest BCUT2D eigenvalue weighted by molar-refractivity contribution is 0.102. The van der Waals surface area contributed by atoms with E-state index in [-0.39, 0.29) is 16.9 Å². The predicted molar refractivity (Wildman–Crippen MR) is 128 cm³/mol. The third kappa shape index (κ3) is 6.02. The molecule has 3 aromatic carbocycles. The van der Waals surface area contributed by atoms with Gasteiger partial charge in [-0.3, -0.25) is 9.52 Å². The highest BCUT2D eigenvalue weighted by molar-refractivity contribution is 9.10. The fourth-order valence-electron chi connectivity index (χ4n) is 2.79. The molecular formula is C23H23BrN2O5S. The summed E-state index contributed by atoms with van der Waals surface area (Å²) < 4.78 is 39.1. The van der Waals surface area contributed by atoms with Crippen LogP contribution in [0.2, 0.25) is 0 Å². The smallest absolute Gasteiger partial charge is 0.261 e. The van der Waals surface area contributed by atoms with E-state index in [9.17, 15) is 13.2 Å². The molecule has 0 heterocycles. The maximum atomic E-state index is 12.6. The number of hydrogen-bond donors (Lipinski definition) is 2. The van der Waals surface area contributed by atoms with Crippen molar-refractivity contribution < 1.29 is 22.7 Å².